The van der Waals surface area contributed by atoms with Crippen LogP contribution in [0.5, 0.6) is 11.5 Å². The van der Waals surface area contributed by atoms with E-state index in [0.29, 0.717) is 12.4 Å². The number of halogens is 3. The molecule has 8 heteroatoms. The lowest BCUT2D eigenvalue weighted by Crippen LogP contribution is -2.24. The number of carbonyl (C=O) groups excluding carboxylic acids is 1. The number of hydrazone groups is 1. The van der Waals surface area contributed by atoms with Crippen molar-refractivity contribution in [3.05, 3.63) is 91.3 Å². The van der Waals surface area contributed by atoms with Gasteiger partial charge in [0, 0.05) is 19.0 Å². The third-order valence-electron chi connectivity index (χ3n) is 3.88. The molecule has 3 aromatic rings. The van der Waals surface area contributed by atoms with E-state index in [0.717, 1.165) is 30.3 Å². The molecule has 0 heterocycles. The summed E-state index contributed by atoms with van der Waals surface area (Å²) in [5.41, 5.74) is 4.33. The van der Waals surface area contributed by atoms with Gasteiger partial charge in [-0.25, -0.2) is 5.43 Å². The Bertz CT molecular complexity index is 1020. The van der Waals surface area contributed by atoms with Crippen molar-refractivity contribution < 1.29 is 14.3 Å². The molecular weight excluding hydrogens is 580 g/mol. The number of rotatable bonds is 8. The predicted octanol–water partition coefficient (Wildman–Crippen LogP) is 6.08. The molecule has 0 aliphatic carbocycles. The number of ether oxygens (including phenoxy) is 2. The van der Waals surface area contributed by atoms with Crippen LogP contribution in [0.15, 0.2) is 85.2 Å². The Morgan fingerprint density at radius 2 is 1.50 bits per heavy atom. The van der Waals surface area contributed by atoms with Gasteiger partial charge in [0.1, 0.15) is 18.1 Å². The van der Waals surface area contributed by atoms with Crippen LogP contribution in [-0.2, 0) is 11.4 Å². The van der Waals surface area contributed by atoms with Gasteiger partial charge in [-0.1, -0.05) is 53.9 Å². The number of nitrogens with one attached hydrogen (secondary N) is 1. The minimum Gasteiger partial charge on any atom is -0.489 e. The first-order valence-corrected chi connectivity index (χ1v) is 11.2. The molecule has 0 atom stereocenters. The Balaban J connectivity index is 1.43. The highest BCUT2D eigenvalue weighted by Crippen LogP contribution is 2.23. The number of hydrogen-bond acceptors (Lipinski definition) is 4. The molecule has 0 bridgehead atoms. The quantitative estimate of drug-likeness (QED) is 0.253. The molecule has 0 spiro atoms. The summed E-state index contributed by atoms with van der Waals surface area (Å²) < 4.78 is 14.1. The van der Waals surface area contributed by atoms with Crippen molar-refractivity contribution in [2.45, 2.75) is 6.61 Å². The molecule has 0 saturated heterocycles. The van der Waals surface area contributed by atoms with Crippen molar-refractivity contribution >= 4 is 59.9 Å². The van der Waals surface area contributed by atoms with Crippen LogP contribution in [0.1, 0.15) is 11.1 Å². The maximum absolute atomic E-state index is 11.8. The first-order valence-electron chi connectivity index (χ1n) is 8.87. The zero-order chi connectivity index (χ0) is 21.3. The minimum absolute atomic E-state index is 0.114. The summed E-state index contributed by atoms with van der Waals surface area (Å²) in [5, 5.41) is 3.95. The summed E-state index contributed by atoms with van der Waals surface area (Å²) in [7, 11) is 0. The molecule has 0 aromatic heterocycles. The third-order valence-corrected chi connectivity index (χ3v) is 5.64. The Kier molecular flexibility index (Phi) is 8.48. The molecule has 0 unspecified atom stereocenters. The third kappa shape index (κ3) is 7.27. The number of benzene rings is 3. The molecule has 0 fully saturated rings. The largest absolute Gasteiger partial charge is 0.489 e. The first-order chi connectivity index (χ1) is 14.5. The molecule has 30 heavy (non-hydrogen) atoms. The van der Waals surface area contributed by atoms with Gasteiger partial charge in [-0.15, -0.1) is 0 Å². The van der Waals surface area contributed by atoms with E-state index in [9.17, 15) is 4.79 Å². The first kappa shape index (κ1) is 22.5. The van der Waals surface area contributed by atoms with Gasteiger partial charge in [0.2, 0.25) is 0 Å². The number of nitrogens with zero attached hydrogens (tertiary/aromatic N) is 1. The molecule has 154 valence electrons. The zero-order valence-corrected chi connectivity index (χ0v) is 20.4. The van der Waals surface area contributed by atoms with Crippen LogP contribution in [0.25, 0.3) is 0 Å². The van der Waals surface area contributed by atoms with Crippen LogP contribution in [0, 0.1) is 0 Å². The molecule has 0 aliphatic rings. The van der Waals surface area contributed by atoms with Gasteiger partial charge in [-0.3, -0.25) is 4.79 Å². The molecular formula is C22H17Br3N2O3. The van der Waals surface area contributed by atoms with Gasteiger partial charge in [0.15, 0.2) is 6.61 Å². The van der Waals surface area contributed by atoms with Gasteiger partial charge in [0.25, 0.3) is 5.91 Å². The van der Waals surface area contributed by atoms with Crippen molar-refractivity contribution in [1.29, 1.82) is 0 Å². The molecule has 0 saturated carbocycles. The molecule has 5 nitrogen and oxygen atoms in total. The smallest absolute Gasteiger partial charge is 0.277 e. The summed E-state index contributed by atoms with van der Waals surface area (Å²) in [4.78, 5) is 11.8. The summed E-state index contributed by atoms with van der Waals surface area (Å²) in [5.74, 6) is 1.02. The van der Waals surface area contributed by atoms with E-state index in [-0.39, 0.29) is 12.5 Å². The fraction of sp³-hybridized carbons (Fsp3) is 0.0909. The van der Waals surface area contributed by atoms with Gasteiger partial charge >= 0.3 is 0 Å². The normalized spacial score (nSPS) is 10.8. The summed E-state index contributed by atoms with van der Waals surface area (Å²) in [6.07, 6.45) is 1.56. The SMILES string of the molecule is O=C(COc1ccc(Br)cc1)N/N=C\c1ccc(OCc2ccc(Br)cc2Br)cc1. The molecule has 0 radical (unpaired) electrons. The lowest BCUT2D eigenvalue weighted by molar-refractivity contribution is -0.123. The number of hydrogen-bond donors (Lipinski definition) is 1. The Hall–Kier alpha value is -2.16. The lowest BCUT2D eigenvalue weighted by atomic mass is 10.2. The molecule has 1 N–H and O–H groups in total. The summed E-state index contributed by atoms with van der Waals surface area (Å²) in [6.45, 7) is 0.340. The maximum Gasteiger partial charge on any atom is 0.277 e. The van der Waals surface area contributed by atoms with Crippen molar-refractivity contribution in [3.63, 3.8) is 0 Å². The number of carbonyl (C=O) groups is 1. The fourth-order valence-corrected chi connectivity index (χ4v) is 3.77. The Morgan fingerprint density at radius 3 is 2.20 bits per heavy atom. The van der Waals surface area contributed by atoms with E-state index in [2.05, 4.69) is 58.3 Å². The van der Waals surface area contributed by atoms with Crippen molar-refractivity contribution in [2.24, 2.45) is 5.10 Å². The molecule has 3 aromatic carbocycles. The van der Waals surface area contributed by atoms with Crippen molar-refractivity contribution in [3.8, 4) is 11.5 Å². The lowest BCUT2D eigenvalue weighted by Gasteiger charge is -2.08. The van der Waals surface area contributed by atoms with Gasteiger partial charge in [0.05, 0.1) is 6.21 Å². The van der Waals surface area contributed by atoms with Gasteiger partial charge < -0.3 is 9.47 Å². The summed E-state index contributed by atoms with van der Waals surface area (Å²) >= 11 is 10.3. The van der Waals surface area contributed by atoms with E-state index in [4.69, 9.17) is 9.47 Å². The van der Waals surface area contributed by atoms with E-state index >= 15 is 0 Å². The minimum atomic E-state index is -0.339. The van der Waals surface area contributed by atoms with Crippen LogP contribution in [0.3, 0.4) is 0 Å². The van der Waals surface area contributed by atoms with E-state index in [1.165, 1.54) is 0 Å². The Morgan fingerprint density at radius 1 is 0.867 bits per heavy atom. The van der Waals surface area contributed by atoms with Gasteiger partial charge in [-0.2, -0.15) is 5.10 Å². The maximum atomic E-state index is 11.8. The highest BCUT2D eigenvalue weighted by molar-refractivity contribution is 9.11. The second kappa shape index (κ2) is 11.3. The standard InChI is InChI=1S/C22H17Br3N2O3/c23-17-5-9-20(10-6-17)30-14-22(28)27-26-12-15-1-7-19(8-2-15)29-13-16-3-4-18(24)11-21(16)25/h1-12H,13-14H2,(H,27,28)/b26-12-. The zero-order valence-electron chi connectivity index (χ0n) is 15.6. The second-order valence-electron chi connectivity index (χ2n) is 6.13. The van der Waals surface area contributed by atoms with Crippen LogP contribution in [0.4, 0.5) is 0 Å². The highest BCUT2D eigenvalue weighted by Gasteiger charge is 2.03. The average Bonchev–Trinajstić information content (AvgIpc) is 2.74. The number of amides is 1. The molecule has 1 amide bonds. The van der Waals surface area contributed by atoms with Crippen LogP contribution in [0.2, 0.25) is 0 Å². The summed E-state index contributed by atoms with van der Waals surface area (Å²) in [6, 6.07) is 20.6. The van der Waals surface area contributed by atoms with E-state index < -0.39 is 0 Å². The molecule has 0 aliphatic heterocycles. The monoisotopic (exact) mass is 594 g/mol. The molecule has 3 rings (SSSR count). The highest BCUT2D eigenvalue weighted by atomic mass is 79.9. The average molecular weight is 597 g/mol. The van der Waals surface area contributed by atoms with E-state index in [1.807, 2.05) is 54.6 Å². The van der Waals surface area contributed by atoms with Crippen LogP contribution < -0.4 is 14.9 Å². The Labute approximate surface area is 199 Å². The van der Waals surface area contributed by atoms with E-state index in [1.54, 1.807) is 18.3 Å². The van der Waals surface area contributed by atoms with Gasteiger partial charge in [-0.05, 0) is 66.2 Å². The topological polar surface area (TPSA) is 59.9 Å². The predicted molar refractivity (Wildman–Crippen MR) is 128 cm³/mol. The van der Waals surface area contributed by atoms with Crippen LogP contribution >= 0.6 is 47.8 Å². The van der Waals surface area contributed by atoms with Crippen molar-refractivity contribution in [2.75, 3.05) is 6.61 Å². The fourth-order valence-electron chi connectivity index (χ4n) is 2.34. The van der Waals surface area contributed by atoms with Crippen molar-refractivity contribution in [1.82, 2.24) is 5.43 Å². The van der Waals surface area contributed by atoms with Crippen LogP contribution in [-0.4, -0.2) is 18.7 Å². The second-order valence-corrected chi connectivity index (χ2v) is 8.81.